The predicted molar refractivity (Wildman–Crippen MR) is 132 cm³/mol. The average molecular weight is 516 g/mol. The zero-order chi connectivity index (χ0) is 24.2. The molecule has 3 aromatic rings. The van der Waals surface area contributed by atoms with E-state index in [2.05, 4.69) is 15.3 Å². The minimum Gasteiger partial charge on any atom is -0.861 e. The van der Waals surface area contributed by atoms with Crippen LogP contribution in [0.1, 0.15) is 25.5 Å². The Morgan fingerprint density at radius 3 is 2.71 bits per heavy atom. The summed E-state index contributed by atoms with van der Waals surface area (Å²) in [5, 5.41) is 17.3. The van der Waals surface area contributed by atoms with Crippen LogP contribution in [0.4, 0.5) is 11.6 Å². The summed E-state index contributed by atoms with van der Waals surface area (Å²) in [6, 6.07) is 14.3. The van der Waals surface area contributed by atoms with E-state index in [4.69, 9.17) is 27.7 Å². The summed E-state index contributed by atoms with van der Waals surface area (Å²) in [7, 11) is 0. The van der Waals surface area contributed by atoms with Crippen LogP contribution in [0.5, 0.6) is 0 Å². The van der Waals surface area contributed by atoms with E-state index in [1.807, 2.05) is 32.0 Å². The highest BCUT2D eigenvalue weighted by Gasteiger charge is 2.32. The first-order valence-electron chi connectivity index (χ1n) is 10.2. The summed E-state index contributed by atoms with van der Waals surface area (Å²) in [5.41, 5.74) is 1.36. The maximum Gasteiger partial charge on any atom is 0.320 e. The van der Waals surface area contributed by atoms with Gasteiger partial charge in [-0.15, -0.1) is 0 Å². The normalized spacial score (nSPS) is 15.5. The largest absolute Gasteiger partial charge is 0.861 e. The quantitative estimate of drug-likeness (QED) is 0.209. The first-order valence-corrected chi connectivity index (χ1v) is 12.0. The molecular weight excluding hydrogens is 497 g/mol. The number of amidine groups is 1. The number of hydrogen-bond acceptors (Lipinski definition) is 7. The van der Waals surface area contributed by atoms with Crippen LogP contribution in [-0.2, 0) is 4.79 Å². The van der Waals surface area contributed by atoms with Crippen LogP contribution in [0, 0.1) is 0 Å². The highest BCUT2D eigenvalue weighted by molar-refractivity contribution is 8.14. The molecule has 1 aliphatic rings. The molecule has 0 atom stereocenters. The second-order valence-electron chi connectivity index (χ2n) is 7.45. The van der Waals surface area contributed by atoms with Crippen LogP contribution >= 0.6 is 35.0 Å². The second-order valence-corrected chi connectivity index (χ2v) is 9.18. The number of aromatic nitrogens is 2. The SMILES string of the molecule is CC(C)[n+]1cc(/N=C(/[O-])CSC2=N/C(=C/c3cccc(Cl)c3Cl)C(=O)N2c2ccccc2)on1. The summed E-state index contributed by atoms with van der Waals surface area (Å²) < 4.78 is 6.63. The molecular formula is C23H19Cl2N5O3S. The van der Waals surface area contributed by atoms with E-state index in [0.717, 1.165) is 11.8 Å². The Kier molecular flexibility index (Phi) is 7.35. The third kappa shape index (κ3) is 5.32. The molecule has 0 unspecified atom stereocenters. The van der Waals surface area contributed by atoms with Crippen LogP contribution in [0.25, 0.3) is 6.08 Å². The fraction of sp³-hybridized carbons (Fsp3) is 0.174. The number of para-hydroxylation sites is 1. The van der Waals surface area contributed by atoms with Crippen molar-refractivity contribution in [1.82, 2.24) is 5.27 Å². The average Bonchev–Trinajstić information content (AvgIpc) is 3.41. The molecule has 1 aliphatic heterocycles. The first kappa shape index (κ1) is 24.0. The van der Waals surface area contributed by atoms with Crippen LogP contribution in [0.15, 0.2) is 74.9 Å². The molecule has 0 radical (unpaired) electrons. The van der Waals surface area contributed by atoms with Gasteiger partial charge in [0.2, 0.25) is 5.27 Å². The van der Waals surface area contributed by atoms with E-state index in [0.29, 0.717) is 26.5 Å². The minimum atomic E-state index is -0.449. The number of carbonyl (C=O) groups is 1. The number of carbonyl (C=O) groups excluding carboxylic acids is 1. The van der Waals surface area contributed by atoms with Gasteiger partial charge in [-0.1, -0.05) is 65.3 Å². The van der Waals surface area contributed by atoms with Crippen molar-refractivity contribution in [2.75, 3.05) is 10.7 Å². The molecule has 0 spiro atoms. The number of rotatable bonds is 6. The first-order chi connectivity index (χ1) is 16.3. The predicted octanol–water partition coefficient (Wildman–Crippen LogP) is 4.42. The molecule has 11 heteroatoms. The number of amides is 1. The molecule has 0 saturated carbocycles. The van der Waals surface area contributed by atoms with Crippen LogP contribution in [0.3, 0.4) is 0 Å². The smallest absolute Gasteiger partial charge is 0.320 e. The van der Waals surface area contributed by atoms with Gasteiger partial charge in [0.05, 0.1) is 15.7 Å². The molecule has 174 valence electrons. The molecule has 8 nitrogen and oxygen atoms in total. The Labute approximate surface area is 210 Å². The molecule has 2 heterocycles. The molecule has 0 saturated heterocycles. The lowest BCUT2D eigenvalue weighted by atomic mass is 10.2. The van der Waals surface area contributed by atoms with Crippen molar-refractivity contribution in [3.8, 4) is 0 Å². The summed E-state index contributed by atoms with van der Waals surface area (Å²) in [5.74, 6) is -0.735. The van der Waals surface area contributed by atoms with E-state index in [1.54, 1.807) is 47.3 Å². The summed E-state index contributed by atoms with van der Waals surface area (Å²) in [6.07, 6.45) is 3.13. The fourth-order valence-corrected chi connectivity index (χ4v) is 4.16. The number of hydrogen-bond donors (Lipinski definition) is 0. The van der Waals surface area contributed by atoms with Gasteiger partial charge in [-0.3, -0.25) is 14.2 Å². The van der Waals surface area contributed by atoms with Gasteiger partial charge in [0, 0.05) is 5.75 Å². The number of anilines is 1. The van der Waals surface area contributed by atoms with Crippen molar-refractivity contribution in [2.24, 2.45) is 9.98 Å². The van der Waals surface area contributed by atoms with Gasteiger partial charge < -0.3 is 5.11 Å². The Balaban J connectivity index is 1.61. The second kappa shape index (κ2) is 10.4. The Bertz CT molecular complexity index is 1300. The number of thioether (sulfide) groups is 1. The van der Waals surface area contributed by atoms with Gasteiger partial charge in [-0.25, -0.2) is 9.98 Å². The number of aliphatic imine (C=N–C) groups is 2. The van der Waals surface area contributed by atoms with Gasteiger partial charge >= 0.3 is 5.88 Å². The van der Waals surface area contributed by atoms with Gasteiger partial charge in [-0.2, -0.15) is 0 Å². The summed E-state index contributed by atoms with van der Waals surface area (Å²) in [6.45, 7) is 3.86. The monoisotopic (exact) mass is 515 g/mol. The molecule has 1 aromatic heterocycles. The lowest BCUT2D eigenvalue weighted by Gasteiger charge is -2.18. The zero-order valence-electron chi connectivity index (χ0n) is 18.2. The molecule has 4 rings (SSSR count). The van der Waals surface area contributed by atoms with Crippen molar-refractivity contribution in [3.05, 3.63) is 76.0 Å². The minimum absolute atomic E-state index is 0.0526. The lowest BCUT2D eigenvalue weighted by molar-refractivity contribution is -0.779. The van der Waals surface area contributed by atoms with Gasteiger partial charge in [0.1, 0.15) is 5.70 Å². The Morgan fingerprint density at radius 2 is 2.00 bits per heavy atom. The fourth-order valence-electron chi connectivity index (χ4n) is 3.00. The van der Waals surface area contributed by atoms with Crippen molar-refractivity contribution in [3.63, 3.8) is 0 Å². The van der Waals surface area contributed by atoms with Gasteiger partial charge in [0.25, 0.3) is 12.1 Å². The molecule has 0 fully saturated rings. The van der Waals surface area contributed by atoms with Gasteiger partial charge in [-0.05, 0) is 54.3 Å². The molecule has 0 aliphatic carbocycles. The molecule has 34 heavy (non-hydrogen) atoms. The molecule has 0 bridgehead atoms. The van der Waals surface area contributed by atoms with E-state index >= 15 is 0 Å². The maximum atomic E-state index is 13.2. The Hall–Kier alpha value is -3.14. The number of halogens is 2. The lowest BCUT2D eigenvalue weighted by Crippen LogP contribution is -2.36. The van der Waals surface area contributed by atoms with Crippen LogP contribution < -0.4 is 14.7 Å². The van der Waals surface area contributed by atoms with E-state index in [-0.39, 0.29) is 29.3 Å². The van der Waals surface area contributed by atoms with Crippen molar-refractivity contribution < 1.29 is 19.1 Å². The third-order valence-corrected chi connectivity index (χ3v) is 6.43. The van der Waals surface area contributed by atoms with Crippen LogP contribution in [-0.4, -0.2) is 28.0 Å². The van der Waals surface area contributed by atoms with Crippen molar-refractivity contribution in [1.29, 1.82) is 0 Å². The zero-order valence-corrected chi connectivity index (χ0v) is 20.5. The van der Waals surface area contributed by atoms with Crippen molar-refractivity contribution in [2.45, 2.75) is 19.9 Å². The maximum absolute atomic E-state index is 13.2. The third-order valence-electron chi connectivity index (χ3n) is 4.68. The number of benzene rings is 2. The van der Waals surface area contributed by atoms with Crippen LogP contribution in [0.2, 0.25) is 10.0 Å². The summed E-state index contributed by atoms with van der Waals surface area (Å²) in [4.78, 5) is 23.1. The summed E-state index contributed by atoms with van der Waals surface area (Å²) >= 11 is 13.5. The molecule has 1 amide bonds. The standard InChI is InChI=1S/C23H19Cl2N5O3S/c1-14(2)29-12-20(33-28-29)27-19(31)13-34-23-26-18(11-15-7-6-10-17(24)21(15)25)22(32)30(23)16-8-4-3-5-9-16/h3-12,14H,13H2,1-2H3/b18-11+. The Morgan fingerprint density at radius 1 is 1.24 bits per heavy atom. The highest BCUT2D eigenvalue weighted by atomic mass is 35.5. The topological polar surface area (TPSA) is 98.0 Å². The van der Waals surface area contributed by atoms with E-state index in [9.17, 15) is 9.90 Å². The van der Waals surface area contributed by atoms with Gasteiger partial charge in [0.15, 0.2) is 11.2 Å². The molecule has 0 N–H and O–H groups in total. The van der Waals surface area contributed by atoms with Crippen molar-refractivity contribution >= 4 is 69.6 Å². The van der Waals surface area contributed by atoms with E-state index in [1.165, 1.54) is 4.90 Å². The highest BCUT2D eigenvalue weighted by Crippen LogP contribution is 2.32. The number of nitrogens with zero attached hydrogens (tertiary/aromatic N) is 5. The molecule has 2 aromatic carbocycles. The van der Waals surface area contributed by atoms with E-state index < -0.39 is 5.90 Å².